The van der Waals surface area contributed by atoms with Gasteiger partial charge in [0.05, 0.1) is 16.7 Å². The third kappa shape index (κ3) is 3.00. The largest absolute Gasteiger partial charge is 0.391 e. The molecule has 0 amide bonds. The molecule has 36 heavy (non-hydrogen) atoms. The maximum Gasteiger partial charge on any atom is 0.157 e. The summed E-state index contributed by atoms with van der Waals surface area (Å²) in [4.78, 5) is 12.3. The number of imidazole rings is 2. The number of aryl methyl sites for hydroxylation is 1. The number of halogens is 1. The van der Waals surface area contributed by atoms with E-state index in [9.17, 15) is 0 Å². The minimum Gasteiger partial charge on any atom is -0.391 e. The number of pyridine rings is 1. The summed E-state index contributed by atoms with van der Waals surface area (Å²) >= 11 is 6.85. The number of rotatable bonds is 4. The topological polar surface area (TPSA) is 87.1 Å². The summed E-state index contributed by atoms with van der Waals surface area (Å²) in [6.45, 7) is 1.91. The fourth-order valence-corrected chi connectivity index (χ4v) is 6.63. The van der Waals surface area contributed by atoms with Crippen molar-refractivity contribution in [3.63, 3.8) is 0 Å². The highest BCUT2D eigenvalue weighted by atomic mass is 35.5. The van der Waals surface area contributed by atoms with Crippen LogP contribution in [0.4, 0.5) is 5.82 Å². The van der Waals surface area contributed by atoms with Crippen LogP contribution in [-0.4, -0.2) is 50.5 Å². The Morgan fingerprint density at radius 3 is 2.67 bits per heavy atom. The van der Waals surface area contributed by atoms with Gasteiger partial charge in [0.25, 0.3) is 0 Å². The number of nitrogens with zero attached hydrogens (tertiary/aromatic N) is 6. The second-order valence-electron chi connectivity index (χ2n) is 10.2. The summed E-state index contributed by atoms with van der Waals surface area (Å²) in [7, 11) is 3.88. The third-order valence-electron chi connectivity index (χ3n) is 8.21. The number of nitrogens with one attached hydrogen (secondary N) is 2. The molecular weight excluding hydrogens is 472 g/mol. The molecule has 1 saturated heterocycles. The SMILES string of the molecule is CNC1=C(C=N)CC2(CCN(c3nc4ccc(-c5ccc6nn(C)cc6c5Cl)c5ncc3n45)CC2)C1. The molecule has 7 rings (SSSR count). The number of hydrogen-bond acceptors (Lipinski definition) is 6. The van der Waals surface area contributed by atoms with Crippen molar-refractivity contribution in [3.8, 4) is 11.1 Å². The van der Waals surface area contributed by atoms with Gasteiger partial charge in [0.15, 0.2) is 5.82 Å². The number of hydrogen-bond donors (Lipinski definition) is 2. The predicted molar refractivity (Wildman–Crippen MR) is 144 cm³/mol. The number of allylic oxidation sites excluding steroid dienone is 2. The van der Waals surface area contributed by atoms with E-state index in [-0.39, 0.29) is 5.41 Å². The number of anilines is 1. The lowest BCUT2D eigenvalue weighted by Crippen LogP contribution is -2.39. The Hall–Kier alpha value is -3.65. The van der Waals surface area contributed by atoms with E-state index >= 15 is 0 Å². The molecule has 0 atom stereocenters. The van der Waals surface area contributed by atoms with Gasteiger partial charge in [-0.05, 0) is 54.9 Å². The van der Waals surface area contributed by atoms with Gasteiger partial charge in [0, 0.05) is 61.8 Å². The fraction of sp³-hybridized carbons (Fsp3) is 0.333. The first-order valence-corrected chi connectivity index (χ1v) is 12.7. The molecule has 1 fully saturated rings. The van der Waals surface area contributed by atoms with Gasteiger partial charge in [-0.15, -0.1) is 0 Å². The van der Waals surface area contributed by atoms with Crippen molar-refractivity contribution in [1.29, 1.82) is 5.41 Å². The average molecular weight is 499 g/mol. The van der Waals surface area contributed by atoms with E-state index in [1.54, 1.807) is 4.68 Å². The van der Waals surface area contributed by atoms with Crippen molar-refractivity contribution in [2.24, 2.45) is 12.5 Å². The quantitative estimate of drug-likeness (QED) is 0.339. The first kappa shape index (κ1) is 21.6. The van der Waals surface area contributed by atoms with E-state index in [1.165, 1.54) is 11.9 Å². The van der Waals surface area contributed by atoms with Crippen LogP contribution in [0.15, 0.2) is 47.9 Å². The molecule has 8 nitrogen and oxygen atoms in total. The van der Waals surface area contributed by atoms with Crippen LogP contribution < -0.4 is 10.2 Å². The van der Waals surface area contributed by atoms with E-state index in [1.807, 2.05) is 38.6 Å². The molecule has 4 aromatic heterocycles. The van der Waals surface area contributed by atoms with Crippen molar-refractivity contribution in [1.82, 2.24) is 29.5 Å². The number of benzene rings is 1. The number of aromatic nitrogens is 5. The summed E-state index contributed by atoms with van der Waals surface area (Å²) in [6.07, 6.45) is 9.66. The lowest BCUT2D eigenvalue weighted by molar-refractivity contribution is 0.230. The van der Waals surface area contributed by atoms with Crippen molar-refractivity contribution in [3.05, 3.63) is 53.0 Å². The van der Waals surface area contributed by atoms with Crippen molar-refractivity contribution in [2.45, 2.75) is 25.7 Å². The Bertz CT molecular complexity index is 1680. The Morgan fingerprint density at radius 1 is 1.11 bits per heavy atom. The Labute approximate surface area is 213 Å². The van der Waals surface area contributed by atoms with Crippen LogP contribution in [0.25, 0.3) is 38.8 Å². The zero-order chi connectivity index (χ0) is 24.6. The Balaban J connectivity index is 1.23. The molecule has 5 aromatic rings. The van der Waals surface area contributed by atoms with Gasteiger partial charge < -0.3 is 15.6 Å². The highest BCUT2D eigenvalue weighted by molar-refractivity contribution is 6.38. The number of fused-ring (bicyclic) bond motifs is 1. The highest BCUT2D eigenvalue weighted by Crippen LogP contribution is 2.48. The molecule has 0 saturated carbocycles. The van der Waals surface area contributed by atoms with Gasteiger partial charge >= 0.3 is 0 Å². The smallest absolute Gasteiger partial charge is 0.157 e. The molecule has 5 heterocycles. The lowest BCUT2D eigenvalue weighted by Gasteiger charge is -2.40. The molecule has 182 valence electrons. The lowest BCUT2D eigenvalue weighted by atomic mass is 9.75. The predicted octanol–water partition coefficient (Wildman–Crippen LogP) is 5.03. The second kappa shape index (κ2) is 7.67. The molecule has 1 aliphatic heterocycles. The maximum absolute atomic E-state index is 7.79. The second-order valence-corrected chi connectivity index (χ2v) is 10.6. The van der Waals surface area contributed by atoms with Gasteiger partial charge in [-0.2, -0.15) is 5.10 Å². The van der Waals surface area contributed by atoms with E-state index in [4.69, 9.17) is 27.0 Å². The molecule has 1 spiro atoms. The molecule has 0 unspecified atom stereocenters. The summed E-state index contributed by atoms with van der Waals surface area (Å²) in [5.74, 6) is 1.00. The van der Waals surface area contributed by atoms with Crippen LogP contribution in [-0.2, 0) is 7.05 Å². The van der Waals surface area contributed by atoms with Gasteiger partial charge in [-0.1, -0.05) is 17.7 Å². The molecule has 1 aromatic carbocycles. The summed E-state index contributed by atoms with van der Waals surface area (Å²) in [6, 6.07) is 8.18. The van der Waals surface area contributed by atoms with Crippen molar-refractivity contribution >= 4 is 51.3 Å². The van der Waals surface area contributed by atoms with E-state index in [0.717, 1.165) is 89.0 Å². The van der Waals surface area contributed by atoms with Crippen LogP contribution in [0, 0.1) is 10.8 Å². The highest BCUT2D eigenvalue weighted by Gasteiger charge is 2.41. The molecule has 1 aliphatic carbocycles. The summed E-state index contributed by atoms with van der Waals surface area (Å²) in [5, 5.41) is 17.2. The van der Waals surface area contributed by atoms with Gasteiger partial charge in [0.2, 0.25) is 0 Å². The third-order valence-corrected chi connectivity index (χ3v) is 8.62. The zero-order valence-electron chi connectivity index (χ0n) is 20.3. The molecule has 2 N–H and O–H groups in total. The fourth-order valence-electron chi connectivity index (χ4n) is 6.32. The Kier molecular flexibility index (Phi) is 4.61. The van der Waals surface area contributed by atoms with Crippen molar-refractivity contribution < 1.29 is 0 Å². The van der Waals surface area contributed by atoms with Gasteiger partial charge in [-0.25, -0.2) is 9.97 Å². The molecule has 0 radical (unpaired) electrons. The zero-order valence-corrected chi connectivity index (χ0v) is 21.1. The standard InChI is InChI=1S/C27H27ClN8/c1-30-21-12-27(11-16(21)13-29)7-9-35(10-8-27)26-22-14-31-25-18(4-6-23(32-26)36(22)25)17-3-5-20-19(24(17)28)15-34(2)33-20/h3-6,13-15,29-30H,7-12H2,1-2H3. The maximum atomic E-state index is 7.79. The minimum atomic E-state index is 0.259. The monoisotopic (exact) mass is 498 g/mol. The molecule has 2 aliphatic rings. The average Bonchev–Trinajstić information content (AvgIpc) is 3.65. The molecule has 0 bridgehead atoms. The molecular formula is C27H27ClN8. The Morgan fingerprint density at radius 2 is 1.92 bits per heavy atom. The van der Waals surface area contributed by atoms with E-state index in [0.29, 0.717) is 5.02 Å². The van der Waals surface area contributed by atoms with Crippen molar-refractivity contribution in [2.75, 3.05) is 25.0 Å². The van der Waals surface area contributed by atoms with Crippen LogP contribution in [0.5, 0.6) is 0 Å². The van der Waals surface area contributed by atoms with E-state index < -0.39 is 0 Å². The molecule has 9 heteroatoms. The van der Waals surface area contributed by atoms with Gasteiger partial charge in [0.1, 0.15) is 16.8 Å². The number of piperidine rings is 1. The minimum absolute atomic E-state index is 0.259. The van der Waals surface area contributed by atoms with Crippen LogP contribution in [0.3, 0.4) is 0 Å². The normalized spacial score (nSPS) is 17.9. The first-order valence-electron chi connectivity index (χ1n) is 12.4. The van der Waals surface area contributed by atoms with Crippen LogP contribution in [0.2, 0.25) is 5.02 Å². The van der Waals surface area contributed by atoms with Crippen LogP contribution >= 0.6 is 11.6 Å². The van der Waals surface area contributed by atoms with E-state index in [2.05, 4.69) is 31.8 Å². The first-order chi connectivity index (χ1) is 17.5. The summed E-state index contributed by atoms with van der Waals surface area (Å²) < 4.78 is 3.94. The van der Waals surface area contributed by atoms with Crippen LogP contribution in [0.1, 0.15) is 25.7 Å². The van der Waals surface area contributed by atoms with Gasteiger partial charge in [-0.3, -0.25) is 9.08 Å². The summed E-state index contributed by atoms with van der Waals surface area (Å²) in [5.41, 5.74) is 8.29.